The summed E-state index contributed by atoms with van der Waals surface area (Å²) in [6.07, 6.45) is 8.86. The number of amides is 4. The van der Waals surface area contributed by atoms with Crippen molar-refractivity contribution in [1.82, 2.24) is 25.2 Å². The van der Waals surface area contributed by atoms with Crippen molar-refractivity contribution >= 4 is 51.0 Å². The van der Waals surface area contributed by atoms with Crippen LogP contribution in [0.5, 0.6) is 0 Å². The van der Waals surface area contributed by atoms with Gasteiger partial charge >= 0.3 is 6.03 Å². The molecule has 1 aliphatic heterocycles. The van der Waals surface area contributed by atoms with Gasteiger partial charge in [0, 0.05) is 33.1 Å². The molecule has 1 unspecified atom stereocenters. The number of halogens is 1. The quantitative estimate of drug-likeness (QED) is 0.200. The van der Waals surface area contributed by atoms with Gasteiger partial charge in [0.25, 0.3) is 0 Å². The van der Waals surface area contributed by atoms with Crippen LogP contribution in [-0.4, -0.2) is 103 Å². The van der Waals surface area contributed by atoms with E-state index in [1.54, 1.807) is 0 Å². The normalized spacial score (nSPS) is 23.5. The molecule has 1 saturated heterocycles. The van der Waals surface area contributed by atoms with Gasteiger partial charge in [0.15, 0.2) is 5.78 Å². The summed E-state index contributed by atoms with van der Waals surface area (Å²) < 4.78 is 25.4. The van der Waals surface area contributed by atoms with E-state index in [-0.39, 0.29) is 31.3 Å². The minimum Gasteiger partial charge on any atom is -0.344 e. The number of urea groups is 1. The molecule has 2 aliphatic carbocycles. The molecule has 3 aliphatic rings. The topological polar surface area (TPSA) is 162 Å². The van der Waals surface area contributed by atoms with Crippen LogP contribution in [0.2, 0.25) is 0 Å². The Hall–Kier alpha value is -2.25. The molecule has 5 atom stereocenters. The Labute approximate surface area is 273 Å². The first-order valence-electron chi connectivity index (χ1n) is 16.2. The lowest BCUT2D eigenvalue weighted by molar-refractivity contribution is -0.143. The maximum absolute atomic E-state index is 14.2. The first kappa shape index (κ1) is 37.2. The largest absolute Gasteiger partial charge is 0.344 e. The van der Waals surface area contributed by atoms with Crippen LogP contribution in [0.4, 0.5) is 4.79 Å². The number of sulfonamides is 1. The van der Waals surface area contributed by atoms with E-state index in [0.717, 1.165) is 57.6 Å². The highest BCUT2D eigenvalue weighted by molar-refractivity contribution is 7.88. The third kappa shape index (κ3) is 10.4. The number of likely N-dealkylation sites (tertiary alicyclic amines) is 1. The summed E-state index contributed by atoms with van der Waals surface area (Å²) in [6.45, 7) is 7.00. The van der Waals surface area contributed by atoms with E-state index < -0.39 is 74.4 Å². The van der Waals surface area contributed by atoms with Crippen molar-refractivity contribution in [2.24, 2.45) is 17.3 Å². The van der Waals surface area contributed by atoms with E-state index in [2.05, 4.69) is 16.0 Å². The molecule has 3 rings (SSSR count). The average Bonchev–Trinajstić information content (AvgIpc) is 3.32. The van der Waals surface area contributed by atoms with Crippen LogP contribution >= 0.6 is 11.6 Å². The van der Waals surface area contributed by atoms with Crippen molar-refractivity contribution in [2.75, 3.05) is 26.4 Å². The Morgan fingerprint density at radius 1 is 0.956 bits per heavy atom. The van der Waals surface area contributed by atoms with Gasteiger partial charge in [-0.05, 0) is 42.9 Å². The van der Waals surface area contributed by atoms with E-state index in [9.17, 15) is 32.4 Å². The van der Waals surface area contributed by atoms with Gasteiger partial charge in [-0.2, -0.15) is 0 Å². The summed E-state index contributed by atoms with van der Waals surface area (Å²) in [5, 5.41) is 8.04. The van der Waals surface area contributed by atoms with E-state index in [4.69, 9.17) is 11.6 Å². The van der Waals surface area contributed by atoms with E-state index in [1.165, 1.54) is 23.2 Å². The Balaban J connectivity index is 1.80. The van der Waals surface area contributed by atoms with Crippen LogP contribution < -0.4 is 16.0 Å². The number of carbonyl (C=O) groups is 5. The maximum Gasteiger partial charge on any atom is 0.315 e. The zero-order valence-corrected chi connectivity index (χ0v) is 29.1. The monoisotopic (exact) mass is 673 g/mol. The molecule has 12 nitrogen and oxygen atoms in total. The molecule has 2 saturated carbocycles. The van der Waals surface area contributed by atoms with Crippen LogP contribution in [0.1, 0.15) is 91.9 Å². The number of ketones is 2. The SMILES string of the molecule is CC(=O)C(=O)C(CC1CCC1)NC(=O)[C@@H]1C[C@@H](Cl)CN1C(=O)[C@@H](NC(=O)N[C@H](CN(C)S(C)(=O)=O)C(C)(C)C)C1CCCCC1. The van der Waals surface area contributed by atoms with E-state index >= 15 is 0 Å². The predicted molar refractivity (Wildman–Crippen MR) is 172 cm³/mol. The Morgan fingerprint density at radius 2 is 1.58 bits per heavy atom. The molecule has 0 aromatic heterocycles. The number of nitrogens with one attached hydrogen (secondary N) is 3. The van der Waals surface area contributed by atoms with Crippen molar-refractivity contribution in [1.29, 1.82) is 0 Å². The number of rotatable bonds is 13. The second kappa shape index (κ2) is 15.6. The standard InChI is InChI=1S/C31H52ClN5O7S/c1-19(38)27(39)23(15-20-11-10-12-20)33-28(40)24-16-22(32)17-37(24)29(41)26(21-13-8-7-9-14-21)35-30(42)34-25(31(2,3)4)18-36(5)45(6,43)44/h20-26H,7-18H2,1-6H3,(H,33,40)(H2,34,35,42)/t22-,23?,24+,25-,26+/m1/s1. The third-order valence-corrected chi connectivity index (χ3v) is 11.2. The van der Waals surface area contributed by atoms with Gasteiger partial charge < -0.3 is 20.9 Å². The number of carbonyl (C=O) groups excluding carboxylic acids is 5. The number of Topliss-reactive ketones (excluding diaryl/α,β-unsaturated/α-hetero) is 2. The van der Waals surface area contributed by atoms with Crippen molar-refractivity contribution < 1.29 is 32.4 Å². The number of likely N-dealkylation sites (N-methyl/N-ethyl adjacent to an activating group) is 1. The molecular formula is C31H52ClN5O7S. The van der Waals surface area contributed by atoms with Gasteiger partial charge in [0.2, 0.25) is 27.6 Å². The summed E-state index contributed by atoms with van der Waals surface area (Å²) >= 11 is 6.51. The molecule has 1 heterocycles. The molecule has 0 aromatic rings. The molecule has 0 radical (unpaired) electrons. The first-order chi connectivity index (χ1) is 20.9. The average molecular weight is 674 g/mol. The molecule has 45 heavy (non-hydrogen) atoms. The molecule has 3 fully saturated rings. The third-order valence-electron chi connectivity index (χ3n) is 9.64. The second-order valence-corrected chi connectivity index (χ2v) is 17.0. The Bertz CT molecular complexity index is 1210. The maximum atomic E-state index is 14.2. The van der Waals surface area contributed by atoms with Crippen molar-refractivity contribution in [2.45, 2.75) is 121 Å². The van der Waals surface area contributed by atoms with Gasteiger partial charge in [0.1, 0.15) is 12.1 Å². The van der Waals surface area contributed by atoms with Crippen molar-refractivity contribution in [3.63, 3.8) is 0 Å². The fourth-order valence-corrected chi connectivity index (χ4v) is 7.12. The molecule has 0 spiro atoms. The van der Waals surface area contributed by atoms with Gasteiger partial charge in [-0.1, -0.05) is 59.3 Å². The fourth-order valence-electron chi connectivity index (χ4n) is 6.38. The zero-order valence-electron chi connectivity index (χ0n) is 27.6. The summed E-state index contributed by atoms with van der Waals surface area (Å²) in [6, 6.07) is -4.01. The molecule has 3 N–H and O–H groups in total. The lowest BCUT2D eigenvalue weighted by Crippen LogP contribution is -2.60. The number of alkyl halides is 1. The van der Waals surface area contributed by atoms with Crippen molar-refractivity contribution in [3.05, 3.63) is 0 Å². The Kier molecular flexibility index (Phi) is 12.9. The smallest absolute Gasteiger partial charge is 0.315 e. The summed E-state index contributed by atoms with van der Waals surface area (Å²) in [5.41, 5.74) is -0.502. The zero-order chi connectivity index (χ0) is 33.7. The van der Waals surface area contributed by atoms with Crippen LogP contribution in [0.15, 0.2) is 0 Å². The van der Waals surface area contributed by atoms with Gasteiger partial charge in [-0.25, -0.2) is 17.5 Å². The lowest BCUT2D eigenvalue weighted by Gasteiger charge is -2.37. The highest BCUT2D eigenvalue weighted by Crippen LogP contribution is 2.32. The van der Waals surface area contributed by atoms with Gasteiger partial charge in [-0.15, -0.1) is 11.6 Å². The van der Waals surface area contributed by atoms with Gasteiger partial charge in [0.05, 0.1) is 17.7 Å². The van der Waals surface area contributed by atoms with Crippen LogP contribution in [0.25, 0.3) is 0 Å². The minimum absolute atomic E-state index is 0.0428. The summed E-state index contributed by atoms with van der Waals surface area (Å²) in [4.78, 5) is 67.4. The molecule has 0 bridgehead atoms. The molecule has 4 amide bonds. The molecular weight excluding hydrogens is 622 g/mol. The minimum atomic E-state index is -3.49. The highest BCUT2D eigenvalue weighted by Gasteiger charge is 2.45. The predicted octanol–water partition coefficient (Wildman–Crippen LogP) is 2.58. The molecule has 0 aromatic carbocycles. The van der Waals surface area contributed by atoms with Gasteiger partial charge in [-0.3, -0.25) is 19.2 Å². The second-order valence-electron chi connectivity index (χ2n) is 14.3. The molecule has 14 heteroatoms. The number of hydrogen-bond acceptors (Lipinski definition) is 7. The first-order valence-corrected chi connectivity index (χ1v) is 18.4. The summed E-state index contributed by atoms with van der Waals surface area (Å²) in [7, 11) is -2.04. The van der Waals surface area contributed by atoms with E-state index in [0.29, 0.717) is 6.42 Å². The fraction of sp³-hybridized carbons (Fsp3) is 0.839. The lowest BCUT2D eigenvalue weighted by atomic mass is 9.80. The van der Waals surface area contributed by atoms with Crippen LogP contribution in [0, 0.1) is 17.3 Å². The number of hydrogen-bond donors (Lipinski definition) is 3. The van der Waals surface area contributed by atoms with E-state index in [1.807, 2.05) is 20.8 Å². The summed E-state index contributed by atoms with van der Waals surface area (Å²) in [5.74, 6) is -2.14. The Morgan fingerprint density at radius 3 is 2.09 bits per heavy atom. The van der Waals surface area contributed by atoms with Crippen LogP contribution in [-0.2, 0) is 29.2 Å². The highest BCUT2D eigenvalue weighted by atomic mass is 35.5. The number of nitrogens with zero attached hydrogens (tertiary/aromatic N) is 2. The molecule has 256 valence electrons. The van der Waals surface area contributed by atoms with Crippen molar-refractivity contribution in [3.8, 4) is 0 Å². The van der Waals surface area contributed by atoms with Crippen LogP contribution in [0.3, 0.4) is 0 Å².